The number of carbonyl (C=O) groups excluding carboxylic acids is 3. The Hall–Kier alpha value is -2.96. The minimum atomic E-state index is -5.62. The zero-order valence-corrected chi connectivity index (χ0v) is 34.4. The molecule has 1 saturated heterocycles. The number of nitrogens with zero attached hydrogens (tertiary/aromatic N) is 4. The highest BCUT2D eigenvalue weighted by Gasteiger charge is 2.50. The number of carbonyl (C=O) groups is 3. The molecule has 320 valence electrons. The summed E-state index contributed by atoms with van der Waals surface area (Å²) in [6, 6.07) is 0. The van der Waals surface area contributed by atoms with Crippen LogP contribution < -0.4 is 16.4 Å². The van der Waals surface area contributed by atoms with Gasteiger partial charge in [-0.1, -0.05) is 25.5 Å². The number of rotatable bonds is 23. The number of phosphoric acid groups is 3. The summed E-state index contributed by atoms with van der Waals surface area (Å²) in [5.74, 6) is -2.21. The monoisotopic (exact) mass is 889 g/mol. The smallest absolute Gasteiger partial charge is 0.386 e. The second-order valence-corrected chi connectivity index (χ2v) is 17.9. The van der Waals surface area contributed by atoms with Crippen LogP contribution >= 0.6 is 36.1 Å². The summed E-state index contributed by atoms with van der Waals surface area (Å²) in [5.41, 5.74) is 5.05. The van der Waals surface area contributed by atoms with E-state index >= 15 is 0 Å². The van der Waals surface area contributed by atoms with E-state index in [2.05, 4.69) is 53.6 Å². The maximum absolute atomic E-state index is 12.8. The minimum absolute atomic E-state index is 0.0615. The van der Waals surface area contributed by atoms with E-state index in [0.717, 1.165) is 16.5 Å². The van der Waals surface area contributed by atoms with Gasteiger partial charge in [-0.2, -0.15) is 16.9 Å². The second kappa shape index (κ2) is 20.3. The molecular weight excluding hydrogens is 843 g/mol. The lowest BCUT2D eigenvalue weighted by atomic mass is 9.87. The molecule has 2 amide bonds. The average Bonchev–Trinajstić information content (AvgIpc) is 3.66. The summed E-state index contributed by atoms with van der Waals surface area (Å²) < 4.78 is 62.4. The van der Waals surface area contributed by atoms with Crippen LogP contribution in [0.25, 0.3) is 11.2 Å². The Morgan fingerprint density at radius 1 is 1.11 bits per heavy atom. The number of aromatic nitrogens is 4. The molecule has 2 aromatic heterocycles. The van der Waals surface area contributed by atoms with Gasteiger partial charge in [0.15, 0.2) is 17.7 Å². The van der Waals surface area contributed by atoms with Crippen molar-refractivity contribution in [2.45, 2.75) is 70.7 Å². The Morgan fingerprint density at radius 2 is 1.77 bits per heavy atom. The number of nitrogens with one attached hydrogen (secondary N) is 2. The lowest BCUT2D eigenvalue weighted by molar-refractivity contribution is -0.137. The Balaban J connectivity index is 1.70. The van der Waals surface area contributed by atoms with E-state index in [4.69, 9.17) is 19.5 Å². The molecule has 1 aliphatic rings. The number of nitrogen functional groups attached to an aromatic ring is 1. The van der Waals surface area contributed by atoms with Crippen molar-refractivity contribution in [1.29, 1.82) is 0 Å². The van der Waals surface area contributed by atoms with Crippen LogP contribution in [0.4, 0.5) is 5.82 Å². The summed E-state index contributed by atoms with van der Waals surface area (Å²) in [6.07, 6.45) is -4.49. The first-order chi connectivity index (χ1) is 26.4. The number of phosphoric ester groups is 3. The van der Waals surface area contributed by atoms with Crippen LogP contribution in [0, 0.1) is 5.41 Å². The van der Waals surface area contributed by atoms with Gasteiger partial charge in [-0.15, -0.1) is 6.58 Å². The SMILES string of the molecule is C=C(C)CCC=CC(=O)c1nc(N)c2ncn([C@@H]3O[C@H](COP(=O)(O)OP(=O)(O)OCC(C)(C)[C@@H](O)C(=O)NCCC(=O)NCCS)[C@@H](OP(=O)(O)O)[C@H]3O)c2n1. The zero-order chi connectivity index (χ0) is 42.9. The van der Waals surface area contributed by atoms with Gasteiger partial charge in [-0.05, 0) is 25.8 Å². The number of ketones is 1. The number of nitrogens with two attached hydrogens (primary N) is 1. The van der Waals surface area contributed by atoms with Crippen LogP contribution in [0.2, 0.25) is 0 Å². The second-order valence-electron chi connectivity index (χ2n) is 13.2. The molecule has 0 bridgehead atoms. The quantitative estimate of drug-likeness (QED) is 0.0238. The van der Waals surface area contributed by atoms with Crippen LogP contribution in [-0.2, 0) is 45.9 Å². The van der Waals surface area contributed by atoms with Gasteiger partial charge >= 0.3 is 23.5 Å². The Labute approximate surface area is 331 Å². The van der Waals surface area contributed by atoms with Crippen molar-refractivity contribution < 1.29 is 80.5 Å². The molecule has 24 nitrogen and oxygen atoms in total. The van der Waals surface area contributed by atoms with Crippen molar-refractivity contribution in [3.05, 3.63) is 36.5 Å². The topological polar surface area (TPSA) is 364 Å². The fourth-order valence-electron chi connectivity index (χ4n) is 4.91. The number of hydrogen-bond donors (Lipinski definition) is 10. The highest BCUT2D eigenvalue weighted by atomic mass is 32.1. The molecule has 7 atom stereocenters. The highest BCUT2D eigenvalue weighted by molar-refractivity contribution is 7.80. The lowest BCUT2D eigenvalue weighted by Gasteiger charge is -2.30. The normalized spacial score (nSPS) is 21.6. The van der Waals surface area contributed by atoms with Gasteiger partial charge < -0.3 is 50.9 Å². The lowest BCUT2D eigenvalue weighted by Crippen LogP contribution is -2.46. The molecule has 3 heterocycles. The molecule has 10 N–H and O–H groups in total. The van der Waals surface area contributed by atoms with Gasteiger partial charge in [0.2, 0.25) is 23.4 Å². The molecule has 0 spiro atoms. The first kappa shape index (κ1) is 48.4. The van der Waals surface area contributed by atoms with Crippen LogP contribution in [0.1, 0.15) is 56.9 Å². The van der Waals surface area contributed by atoms with Crippen LogP contribution in [-0.4, -0.2) is 123 Å². The Kier molecular flexibility index (Phi) is 17.3. The minimum Gasteiger partial charge on any atom is -0.386 e. The van der Waals surface area contributed by atoms with E-state index in [-0.39, 0.29) is 41.7 Å². The number of allylic oxidation sites excluding steroid dienone is 3. The zero-order valence-electron chi connectivity index (χ0n) is 30.8. The molecule has 2 unspecified atom stereocenters. The standard InChI is InChI=1S/C29H46N7O17P3S/c1-16(2)7-5-6-8-17(37)25-34-24(30)20-26(35-25)36(15-33-20)28-21(39)22(52-54(42,43)44)18(51-28)13-49-55(45,46)53-56(47,48)50-14-29(3,4)23(40)27(41)32-10-9-19(38)31-11-12-57/h6,8,15,18,21-23,28,39-40,57H,1,5,7,9-14H2,2-4H3,(H,31,38)(H,32,41)(H,45,46)(H,47,48)(H2,30,34,35)(H2,42,43,44)/t18-,21-,22-,23+,28-/m1/s1. The number of fused-ring (bicyclic) bond motifs is 1. The molecule has 1 aliphatic heterocycles. The fraction of sp³-hybridized carbons (Fsp3) is 0.586. The van der Waals surface area contributed by atoms with Crippen molar-refractivity contribution >= 4 is 70.7 Å². The van der Waals surface area contributed by atoms with Gasteiger partial charge in [0.05, 0.1) is 19.5 Å². The van der Waals surface area contributed by atoms with E-state index in [9.17, 15) is 57.9 Å². The number of hydrogen-bond acceptors (Lipinski definition) is 18. The van der Waals surface area contributed by atoms with Gasteiger partial charge in [0, 0.05) is 30.7 Å². The van der Waals surface area contributed by atoms with Crippen molar-refractivity contribution in [1.82, 2.24) is 30.2 Å². The predicted octanol–water partition coefficient (Wildman–Crippen LogP) is 0.430. The van der Waals surface area contributed by atoms with Crippen molar-refractivity contribution in [2.75, 3.05) is 37.8 Å². The number of aliphatic hydroxyl groups excluding tert-OH is 2. The number of ether oxygens (including phenoxy) is 1. The van der Waals surface area contributed by atoms with E-state index < -0.39 is 84.4 Å². The fourth-order valence-corrected chi connectivity index (χ4v) is 7.85. The van der Waals surface area contributed by atoms with E-state index in [1.807, 2.05) is 6.92 Å². The number of amides is 2. The molecule has 0 radical (unpaired) electrons. The Bertz CT molecular complexity index is 1960. The van der Waals surface area contributed by atoms with Crippen molar-refractivity contribution in [3.63, 3.8) is 0 Å². The third kappa shape index (κ3) is 14.7. The molecule has 0 aromatic carbocycles. The summed E-state index contributed by atoms with van der Waals surface area (Å²) in [7, 11) is -16.5. The van der Waals surface area contributed by atoms with Crippen LogP contribution in [0.3, 0.4) is 0 Å². The van der Waals surface area contributed by atoms with Gasteiger partial charge in [0.25, 0.3) is 0 Å². The van der Waals surface area contributed by atoms with Gasteiger partial charge in [0.1, 0.15) is 29.9 Å². The van der Waals surface area contributed by atoms with Crippen LogP contribution in [0.5, 0.6) is 0 Å². The number of aliphatic hydroxyl groups is 2. The predicted molar refractivity (Wildman–Crippen MR) is 201 cm³/mol. The number of imidazole rings is 1. The number of thiol groups is 1. The molecule has 3 rings (SSSR count). The molecule has 28 heteroatoms. The summed E-state index contributed by atoms with van der Waals surface area (Å²) in [5, 5.41) is 26.4. The number of anilines is 1. The molecule has 0 saturated carbocycles. The molecular formula is C29H46N7O17P3S. The van der Waals surface area contributed by atoms with E-state index in [1.54, 1.807) is 6.08 Å². The Morgan fingerprint density at radius 3 is 2.40 bits per heavy atom. The van der Waals surface area contributed by atoms with E-state index in [0.29, 0.717) is 25.1 Å². The van der Waals surface area contributed by atoms with Crippen molar-refractivity contribution in [2.24, 2.45) is 5.41 Å². The highest BCUT2D eigenvalue weighted by Crippen LogP contribution is 2.61. The van der Waals surface area contributed by atoms with E-state index in [1.165, 1.54) is 19.9 Å². The summed E-state index contributed by atoms with van der Waals surface area (Å²) in [4.78, 5) is 88.6. The van der Waals surface area contributed by atoms with Crippen molar-refractivity contribution in [3.8, 4) is 0 Å². The average molecular weight is 890 g/mol. The maximum Gasteiger partial charge on any atom is 0.481 e. The van der Waals surface area contributed by atoms with Gasteiger partial charge in [-0.3, -0.25) is 32.5 Å². The summed E-state index contributed by atoms with van der Waals surface area (Å²) >= 11 is 3.96. The largest absolute Gasteiger partial charge is 0.481 e. The first-order valence-electron chi connectivity index (χ1n) is 16.8. The first-order valence-corrected chi connectivity index (χ1v) is 21.9. The molecule has 57 heavy (non-hydrogen) atoms. The van der Waals surface area contributed by atoms with Crippen LogP contribution in [0.15, 0.2) is 30.6 Å². The third-order valence-electron chi connectivity index (χ3n) is 7.80. The van der Waals surface area contributed by atoms with Gasteiger partial charge in [-0.25, -0.2) is 28.6 Å². The molecule has 0 aliphatic carbocycles. The molecule has 2 aromatic rings. The third-order valence-corrected chi connectivity index (χ3v) is 11.1. The summed E-state index contributed by atoms with van der Waals surface area (Å²) in [6.45, 7) is 6.17. The maximum atomic E-state index is 12.8. The molecule has 1 fully saturated rings.